The van der Waals surface area contributed by atoms with E-state index in [9.17, 15) is 0 Å². The summed E-state index contributed by atoms with van der Waals surface area (Å²) >= 11 is 0. The number of aromatic nitrogens is 2. The van der Waals surface area contributed by atoms with Gasteiger partial charge in [-0.15, -0.1) is 5.43 Å². The topological polar surface area (TPSA) is 49.4 Å². The van der Waals surface area contributed by atoms with Crippen LogP contribution in [0.3, 0.4) is 0 Å². The van der Waals surface area contributed by atoms with Crippen molar-refractivity contribution in [1.82, 2.24) is 15.4 Å². The first kappa shape index (κ1) is 6.36. The Balaban J connectivity index is 1.95. The molecule has 5 nitrogen and oxygen atoms in total. The molecule has 2 heterocycles. The van der Waals surface area contributed by atoms with Crippen molar-refractivity contribution >= 4 is 6.34 Å². The first-order chi connectivity index (χ1) is 5.45. The standard InChI is InChI=1S/C6H8N5/c1-2-10(4-7-1)6-11-5-8-3-9-11/h1-2,4-5H,3,6H2/p+1. The predicted molar refractivity (Wildman–Crippen MR) is 38.3 cm³/mol. The van der Waals surface area contributed by atoms with Gasteiger partial charge in [0.05, 0.1) is 0 Å². The second-order valence-corrected chi connectivity index (χ2v) is 2.29. The molecule has 1 aliphatic heterocycles. The van der Waals surface area contributed by atoms with Gasteiger partial charge in [0.25, 0.3) is 0 Å². The molecule has 0 spiro atoms. The van der Waals surface area contributed by atoms with Gasteiger partial charge in [0.2, 0.25) is 6.33 Å². The molecule has 0 saturated heterocycles. The summed E-state index contributed by atoms with van der Waals surface area (Å²) in [4.78, 5) is 6.91. The number of imidazole rings is 1. The monoisotopic (exact) mass is 151 g/mol. The van der Waals surface area contributed by atoms with E-state index in [0.29, 0.717) is 6.67 Å². The van der Waals surface area contributed by atoms with Gasteiger partial charge in [-0.25, -0.2) is 9.58 Å². The van der Waals surface area contributed by atoms with Crippen LogP contribution >= 0.6 is 0 Å². The molecule has 1 radical (unpaired) electrons. The third-order valence-corrected chi connectivity index (χ3v) is 1.45. The van der Waals surface area contributed by atoms with E-state index in [0.717, 1.165) is 6.67 Å². The molecule has 1 N–H and O–H groups in total. The molecule has 1 aliphatic rings. The van der Waals surface area contributed by atoms with Crippen molar-refractivity contribution in [3.05, 3.63) is 18.7 Å². The van der Waals surface area contributed by atoms with Gasteiger partial charge >= 0.3 is 0 Å². The number of H-pyrrole nitrogens is 1. The van der Waals surface area contributed by atoms with E-state index in [1.54, 1.807) is 11.3 Å². The van der Waals surface area contributed by atoms with E-state index in [1.165, 1.54) is 0 Å². The van der Waals surface area contributed by atoms with Crippen molar-refractivity contribution in [2.24, 2.45) is 4.99 Å². The Hall–Kier alpha value is -1.36. The molecule has 0 atom stereocenters. The Morgan fingerprint density at radius 1 is 1.64 bits per heavy atom. The fraction of sp³-hybridized carbons (Fsp3) is 0.333. The third-order valence-electron chi connectivity index (χ3n) is 1.45. The summed E-state index contributed by atoms with van der Waals surface area (Å²) < 4.78 is 1.99. The number of nitrogens with zero attached hydrogens (tertiary/aromatic N) is 4. The van der Waals surface area contributed by atoms with Gasteiger partial charge in [0, 0.05) is 0 Å². The average Bonchev–Trinajstić information content (AvgIpc) is 2.60. The Kier molecular flexibility index (Phi) is 1.57. The fourth-order valence-electron chi connectivity index (χ4n) is 0.942. The van der Waals surface area contributed by atoms with Crippen molar-refractivity contribution in [3.63, 3.8) is 0 Å². The molecule has 11 heavy (non-hydrogen) atoms. The van der Waals surface area contributed by atoms with Gasteiger partial charge in [0.1, 0.15) is 25.4 Å². The highest BCUT2D eigenvalue weighted by atomic mass is 15.6. The molecule has 0 fully saturated rings. The second-order valence-electron chi connectivity index (χ2n) is 2.29. The Bertz CT molecular complexity index is 239. The van der Waals surface area contributed by atoms with Gasteiger partial charge in [-0.1, -0.05) is 0 Å². The van der Waals surface area contributed by atoms with E-state index in [-0.39, 0.29) is 0 Å². The lowest BCUT2D eigenvalue weighted by molar-refractivity contribution is -0.712. The highest BCUT2D eigenvalue weighted by molar-refractivity contribution is 5.54. The van der Waals surface area contributed by atoms with Gasteiger partial charge in [-0.2, -0.15) is 0 Å². The number of aromatic amines is 1. The van der Waals surface area contributed by atoms with Crippen molar-refractivity contribution in [3.8, 4) is 0 Å². The zero-order chi connectivity index (χ0) is 7.52. The first-order valence-corrected chi connectivity index (χ1v) is 3.41. The molecule has 57 valence electrons. The van der Waals surface area contributed by atoms with E-state index in [1.807, 2.05) is 23.3 Å². The molecule has 0 aromatic carbocycles. The van der Waals surface area contributed by atoms with E-state index >= 15 is 0 Å². The van der Waals surface area contributed by atoms with Crippen molar-refractivity contribution in [1.29, 1.82) is 0 Å². The lowest BCUT2D eigenvalue weighted by atomic mass is 10.8. The van der Waals surface area contributed by atoms with Crippen LogP contribution in [0.5, 0.6) is 0 Å². The van der Waals surface area contributed by atoms with Crippen LogP contribution in [-0.2, 0) is 6.67 Å². The van der Waals surface area contributed by atoms with Crippen molar-refractivity contribution in [2.45, 2.75) is 6.67 Å². The highest BCUT2D eigenvalue weighted by Crippen LogP contribution is 1.86. The number of aliphatic imine (C=N–C) groups is 1. The van der Waals surface area contributed by atoms with Crippen LogP contribution in [0.4, 0.5) is 0 Å². The quantitative estimate of drug-likeness (QED) is 0.546. The lowest BCUT2D eigenvalue weighted by Gasteiger charge is -2.07. The Labute approximate surface area is 64.3 Å². The van der Waals surface area contributed by atoms with Crippen LogP contribution in [-0.4, -0.2) is 23.0 Å². The maximum Gasteiger partial charge on any atom is 0.243 e. The molecular formula is C6H9N5+. The largest absolute Gasteiger partial charge is 0.255 e. The highest BCUT2D eigenvalue weighted by Gasteiger charge is 2.08. The molecular weight excluding hydrogens is 142 g/mol. The number of nitrogens with one attached hydrogen (secondary N) is 1. The summed E-state index contributed by atoms with van der Waals surface area (Å²) in [6, 6.07) is 0. The summed E-state index contributed by atoms with van der Waals surface area (Å²) in [5.74, 6) is 0. The molecule has 0 aliphatic carbocycles. The van der Waals surface area contributed by atoms with Crippen LogP contribution in [0.15, 0.2) is 23.7 Å². The number of hydrogen-bond acceptors (Lipinski definition) is 2. The minimum absolute atomic E-state index is 0.560. The smallest absolute Gasteiger partial charge is 0.243 e. The van der Waals surface area contributed by atoms with E-state index in [4.69, 9.17) is 0 Å². The zero-order valence-corrected chi connectivity index (χ0v) is 6.01. The molecule has 0 bridgehead atoms. The summed E-state index contributed by atoms with van der Waals surface area (Å²) in [7, 11) is 0. The van der Waals surface area contributed by atoms with Crippen LogP contribution in [0, 0.1) is 0 Å². The van der Waals surface area contributed by atoms with Crippen LogP contribution in [0.25, 0.3) is 0 Å². The summed E-state index contributed by atoms with van der Waals surface area (Å²) in [5.41, 5.74) is 4.09. The minimum atomic E-state index is 0.560. The van der Waals surface area contributed by atoms with Crippen molar-refractivity contribution in [2.75, 3.05) is 6.67 Å². The lowest BCUT2D eigenvalue weighted by Crippen LogP contribution is -2.42. The fourth-order valence-corrected chi connectivity index (χ4v) is 0.942. The van der Waals surface area contributed by atoms with Crippen LogP contribution in [0.2, 0.25) is 0 Å². The SMILES string of the molecule is C1=NC[N]N1C[n+]1cc[nH]c1. The molecule has 1 aromatic rings. The normalized spacial score (nSPS) is 16.2. The average molecular weight is 151 g/mol. The molecule has 0 amide bonds. The molecule has 0 saturated carbocycles. The van der Waals surface area contributed by atoms with Gasteiger partial charge in [0.15, 0.2) is 6.67 Å². The third kappa shape index (κ3) is 1.38. The predicted octanol–water partition coefficient (Wildman–Crippen LogP) is -0.919. The summed E-state index contributed by atoms with van der Waals surface area (Å²) in [6.07, 6.45) is 7.43. The zero-order valence-electron chi connectivity index (χ0n) is 6.01. The maximum atomic E-state index is 4.09. The summed E-state index contributed by atoms with van der Waals surface area (Å²) in [5, 5.41) is 1.80. The van der Waals surface area contributed by atoms with Gasteiger partial charge in [-0.3, -0.25) is 9.98 Å². The molecule has 0 unspecified atom stereocenters. The molecule has 2 rings (SSSR count). The minimum Gasteiger partial charge on any atom is -0.255 e. The first-order valence-electron chi connectivity index (χ1n) is 3.41. The van der Waals surface area contributed by atoms with Crippen molar-refractivity contribution < 1.29 is 4.57 Å². The number of hydrogen-bond donors (Lipinski definition) is 1. The second kappa shape index (κ2) is 2.71. The van der Waals surface area contributed by atoms with Gasteiger partial charge in [-0.05, 0) is 0 Å². The Morgan fingerprint density at radius 2 is 2.64 bits per heavy atom. The van der Waals surface area contributed by atoms with E-state index in [2.05, 4.69) is 15.4 Å². The number of rotatable bonds is 2. The molecule has 5 heteroatoms. The van der Waals surface area contributed by atoms with E-state index < -0.39 is 0 Å². The van der Waals surface area contributed by atoms with Crippen LogP contribution < -0.4 is 9.99 Å². The maximum absolute atomic E-state index is 4.09. The molecule has 1 aromatic heterocycles. The Morgan fingerprint density at radius 3 is 3.27 bits per heavy atom. The summed E-state index contributed by atoms with van der Waals surface area (Å²) in [6.45, 7) is 1.29. The van der Waals surface area contributed by atoms with Crippen LogP contribution in [0.1, 0.15) is 0 Å². The van der Waals surface area contributed by atoms with Gasteiger partial charge < -0.3 is 0 Å².